The summed E-state index contributed by atoms with van der Waals surface area (Å²) >= 11 is 0. The van der Waals surface area contributed by atoms with E-state index in [1.165, 1.54) is 33.3 Å². The van der Waals surface area contributed by atoms with Gasteiger partial charge >= 0.3 is 0 Å². The van der Waals surface area contributed by atoms with Crippen LogP contribution in [-0.4, -0.2) is 19.1 Å². The van der Waals surface area contributed by atoms with Crippen molar-refractivity contribution in [3.05, 3.63) is 70.9 Å². The van der Waals surface area contributed by atoms with Gasteiger partial charge in [-0.25, -0.2) is 0 Å². The molecule has 3 rings (SSSR count). The van der Waals surface area contributed by atoms with Gasteiger partial charge in [-0.2, -0.15) is 0 Å². The van der Waals surface area contributed by atoms with E-state index in [-0.39, 0.29) is 0 Å². The summed E-state index contributed by atoms with van der Waals surface area (Å²) in [5, 5.41) is 1.21. The van der Waals surface area contributed by atoms with Gasteiger partial charge in [-0.3, -0.25) is 4.98 Å². The van der Waals surface area contributed by atoms with Crippen LogP contribution in [0.5, 0.6) is 0 Å². The average Bonchev–Trinajstić information content (AvgIpc) is 2.54. The van der Waals surface area contributed by atoms with Gasteiger partial charge in [0.25, 0.3) is 0 Å². The number of aryl methyl sites for hydroxylation is 2. The summed E-state index contributed by atoms with van der Waals surface area (Å²) in [6, 6.07) is 15.0. The van der Waals surface area contributed by atoms with E-state index in [9.17, 15) is 0 Å². The highest BCUT2D eigenvalue weighted by Crippen LogP contribution is 2.23. The van der Waals surface area contributed by atoms with Crippen molar-refractivity contribution in [3.8, 4) is 0 Å². The van der Waals surface area contributed by atoms with Crippen LogP contribution in [0.25, 0.3) is 23.1 Å². The molecule has 0 amide bonds. The molecule has 0 N–H and O–H groups in total. The van der Waals surface area contributed by atoms with Gasteiger partial charge in [0, 0.05) is 31.4 Å². The average molecular weight is 302 g/mol. The molecule has 23 heavy (non-hydrogen) atoms. The summed E-state index contributed by atoms with van der Waals surface area (Å²) in [5.41, 5.74) is 7.25. The fraction of sp³-hybridized carbons (Fsp3) is 0.190. The molecule has 0 atom stereocenters. The van der Waals surface area contributed by atoms with E-state index in [0.29, 0.717) is 0 Å². The third-order valence-corrected chi connectivity index (χ3v) is 4.26. The normalized spacial score (nSPS) is 11.3. The lowest BCUT2D eigenvalue weighted by atomic mass is 10.0. The Bertz CT molecular complexity index is 859. The summed E-state index contributed by atoms with van der Waals surface area (Å²) in [5.74, 6) is 0. The summed E-state index contributed by atoms with van der Waals surface area (Å²) in [7, 11) is 4.11. The molecule has 0 saturated carbocycles. The molecule has 2 nitrogen and oxygen atoms in total. The number of anilines is 1. The first-order chi connectivity index (χ1) is 11.0. The fourth-order valence-corrected chi connectivity index (χ4v) is 2.64. The summed E-state index contributed by atoms with van der Waals surface area (Å²) in [4.78, 5) is 6.60. The van der Waals surface area contributed by atoms with Crippen LogP contribution in [-0.2, 0) is 0 Å². The van der Waals surface area contributed by atoms with Crippen LogP contribution in [0, 0.1) is 13.8 Å². The Morgan fingerprint density at radius 3 is 2.26 bits per heavy atom. The van der Waals surface area contributed by atoms with Crippen molar-refractivity contribution in [1.29, 1.82) is 0 Å². The second-order valence-corrected chi connectivity index (χ2v) is 6.17. The molecule has 0 aliphatic rings. The van der Waals surface area contributed by atoms with Crippen LogP contribution < -0.4 is 4.90 Å². The lowest BCUT2D eigenvalue weighted by Gasteiger charge is -2.11. The van der Waals surface area contributed by atoms with Crippen LogP contribution >= 0.6 is 0 Å². The van der Waals surface area contributed by atoms with E-state index in [1.54, 1.807) is 0 Å². The topological polar surface area (TPSA) is 16.1 Å². The van der Waals surface area contributed by atoms with Crippen molar-refractivity contribution >= 4 is 28.7 Å². The van der Waals surface area contributed by atoms with Crippen molar-refractivity contribution in [1.82, 2.24) is 4.98 Å². The van der Waals surface area contributed by atoms with Crippen molar-refractivity contribution < 1.29 is 0 Å². The Kier molecular flexibility index (Phi) is 4.16. The molecule has 116 valence electrons. The maximum atomic E-state index is 4.49. The molecular formula is C21H22N2. The molecule has 0 spiro atoms. The molecule has 2 aromatic carbocycles. The van der Waals surface area contributed by atoms with Gasteiger partial charge in [-0.1, -0.05) is 24.3 Å². The number of nitrogens with zero attached hydrogens (tertiary/aromatic N) is 2. The maximum absolute atomic E-state index is 4.49. The summed E-state index contributed by atoms with van der Waals surface area (Å²) in [6.07, 6.45) is 6.21. The number of pyridine rings is 1. The SMILES string of the molecule is Cc1cc2nccc(/C=C/c3ccc(N(C)C)cc3)c2cc1C. The Balaban J connectivity index is 1.96. The predicted octanol–water partition coefficient (Wildman–Crippen LogP) is 5.09. The molecule has 0 aliphatic carbocycles. The van der Waals surface area contributed by atoms with Crippen LogP contribution in [0.4, 0.5) is 5.69 Å². The zero-order valence-electron chi connectivity index (χ0n) is 14.2. The van der Waals surface area contributed by atoms with E-state index in [4.69, 9.17) is 0 Å². The van der Waals surface area contributed by atoms with Gasteiger partial charge in [0.2, 0.25) is 0 Å². The van der Waals surface area contributed by atoms with E-state index in [0.717, 1.165) is 5.52 Å². The van der Waals surface area contributed by atoms with Crippen molar-refractivity contribution in [2.24, 2.45) is 0 Å². The second kappa shape index (κ2) is 6.25. The smallest absolute Gasteiger partial charge is 0.0710 e. The molecule has 0 fully saturated rings. The van der Waals surface area contributed by atoms with Gasteiger partial charge in [0.15, 0.2) is 0 Å². The molecule has 1 heterocycles. The molecule has 0 bridgehead atoms. The first-order valence-corrected chi connectivity index (χ1v) is 7.86. The number of rotatable bonds is 3. The molecule has 0 aliphatic heterocycles. The second-order valence-electron chi connectivity index (χ2n) is 6.17. The Hall–Kier alpha value is -2.61. The highest BCUT2D eigenvalue weighted by Gasteiger charge is 2.02. The van der Waals surface area contributed by atoms with Crippen molar-refractivity contribution in [2.75, 3.05) is 19.0 Å². The molecule has 3 aromatic rings. The number of hydrogen-bond acceptors (Lipinski definition) is 2. The van der Waals surface area contributed by atoms with Crippen LogP contribution in [0.2, 0.25) is 0 Å². The Labute approximate surface area is 138 Å². The Morgan fingerprint density at radius 1 is 0.870 bits per heavy atom. The molecule has 0 radical (unpaired) electrons. The number of aromatic nitrogens is 1. The van der Waals surface area contributed by atoms with Crippen LogP contribution in [0.1, 0.15) is 22.3 Å². The largest absolute Gasteiger partial charge is 0.378 e. The Morgan fingerprint density at radius 2 is 1.57 bits per heavy atom. The van der Waals surface area contributed by atoms with Crippen molar-refractivity contribution in [3.63, 3.8) is 0 Å². The van der Waals surface area contributed by atoms with E-state index in [1.807, 2.05) is 6.20 Å². The third-order valence-electron chi connectivity index (χ3n) is 4.26. The minimum Gasteiger partial charge on any atom is -0.378 e. The van der Waals surface area contributed by atoms with Crippen LogP contribution in [0.3, 0.4) is 0 Å². The highest BCUT2D eigenvalue weighted by atomic mass is 15.1. The molecule has 0 saturated heterocycles. The molecule has 2 heteroatoms. The van der Waals surface area contributed by atoms with E-state index >= 15 is 0 Å². The van der Waals surface area contributed by atoms with E-state index in [2.05, 4.69) is 92.4 Å². The van der Waals surface area contributed by atoms with Crippen molar-refractivity contribution in [2.45, 2.75) is 13.8 Å². The van der Waals surface area contributed by atoms with Gasteiger partial charge < -0.3 is 4.90 Å². The first-order valence-electron chi connectivity index (χ1n) is 7.86. The number of benzene rings is 2. The van der Waals surface area contributed by atoms with Gasteiger partial charge in [-0.15, -0.1) is 0 Å². The maximum Gasteiger partial charge on any atom is 0.0710 e. The molecule has 1 aromatic heterocycles. The minimum atomic E-state index is 1.05. The first kappa shape index (κ1) is 15.3. The highest BCUT2D eigenvalue weighted by molar-refractivity contribution is 5.91. The van der Waals surface area contributed by atoms with E-state index < -0.39 is 0 Å². The summed E-state index contributed by atoms with van der Waals surface area (Å²) < 4.78 is 0. The van der Waals surface area contributed by atoms with Gasteiger partial charge in [-0.05, 0) is 66.4 Å². The number of hydrogen-bond donors (Lipinski definition) is 0. The fourth-order valence-electron chi connectivity index (χ4n) is 2.64. The minimum absolute atomic E-state index is 1.05. The molecule has 0 unspecified atom stereocenters. The quantitative estimate of drug-likeness (QED) is 0.670. The number of fused-ring (bicyclic) bond motifs is 1. The third kappa shape index (κ3) is 3.26. The van der Waals surface area contributed by atoms with Gasteiger partial charge in [0.05, 0.1) is 5.52 Å². The monoisotopic (exact) mass is 302 g/mol. The zero-order valence-corrected chi connectivity index (χ0v) is 14.2. The summed E-state index contributed by atoms with van der Waals surface area (Å²) in [6.45, 7) is 4.28. The standard InChI is InChI=1S/C21H22N2/c1-15-13-20-18(11-12-22-21(20)14-16(15)2)8-5-17-6-9-19(10-7-17)23(3)4/h5-14H,1-4H3/b8-5+. The van der Waals surface area contributed by atoms with Crippen LogP contribution in [0.15, 0.2) is 48.7 Å². The predicted molar refractivity (Wildman–Crippen MR) is 101 cm³/mol. The van der Waals surface area contributed by atoms with Gasteiger partial charge in [0.1, 0.15) is 0 Å². The lowest BCUT2D eigenvalue weighted by Crippen LogP contribution is -2.07. The molecular weight excluding hydrogens is 280 g/mol. The lowest BCUT2D eigenvalue weighted by molar-refractivity contribution is 1.13. The zero-order chi connectivity index (χ0) is 16.4.